The van der Waals surface area contributed by atoms with Crippen LogP contribution in [0.25, 0.3) is 6.08 Å². The molecule has 0 aliphatic carbocycles. The molecule has 7 nitrogen and oxygen atoms in total. The molecule has 0 saturated heterocycles. The van der Waals surface area contributed by atoms with Crippen LogP contribution in [0.1, 0.15) is 31.8 Å². The van der Waals surface area contributed by atoms with Crippen LogP contribution in [0.5, 0.6) is 5.75 Å². The molecule has 0 bridgehead atoms. The summed E-state index contributed by atoms with van der Waals surface area (Å²) in [5.41, 5.74) is 4.98. The van der Waals surface area contributed by atoms with Gasteiger partial charge in [0.15, 0.2) is 0 Å². The first-order chi connectivity index (χ1) is 18.9. The van der Waals surface area contributed by atoms with Crippen molar-refractivity contribution in [2.24, 2.45) is 5.10 Å². The van der Waals surface area contributed by atoms with Gasteiger partial charge in [-0.2, -0.15) is 5.10 Å². The SMILES string of the molecule is O=C(/C=C/c1ccc(Cl)cc1)Oc1ccc(Cl)cc1/C=N/NC(=O)c1ccc(NC(=O)c2ccccc2)cc1. The molecule has 4 aromatic rings. The molecule has 0 heterocycles. The number of hydrogen-bond donors (Lipinski definition) is 2. The highest BCUT2D eigenvalue weighted by Crippen LogP contribution is 2.22. The lowest BCUT2D eigenvalue weighted by Gasteiger charge is -2.07. The summed E-state index contributed by atoms with van der Waals surface area (Å²) in [4.78, 5) is 37.1. The van der Waals surface area contributed by atoms with Crippen molar-refractivity contribution in [2.75, 3.05) is 5.32 Å². The zero-order valence-electron chi connectivity index (χ0n) is 20.3. The highest BCUT2D eigenvalue weighted by atomic mass is 35.5. The lowest BCUT2D eigenvalue weighted by molar-refractivity contribution is -0.128. The van der Waals surface area contributed by atoms with E-state index in [1.165, 1.54) is 18.4 Å². The number of anilines is 1. The van der Waals surface area contributed by atoms with Crippen LogP contribution < -0.4 is 15.5 Å². The molecule has 0 spiro atoms. The molecule has 0 radical (unpaired) electrons. The molecule has 2 N–H and O–H groups in total. The number of hydrazone groups is 1. The Labute approximate surface area is 234 Å². The molecule has 4 rings (SSSR count). The van der Waals surface area contributed by atoms with Crippen molar-refractivity contribution in [3.63, 3.8) is 0 Å². The molecule has 0 aliphatic rings. The van der Waals surface area contributed by atoms with Gasteiger partial charge in [0, 0.05) is 38.5 Å². The molecular formula is C30H21Cl2N3O4. The van der Waals surface area contributed by atoms with Crippen molar-refractivity contribution in [1.82, 2.24) is 5.43 Å². The lowest BCUT2D eigenvalue weighted by atomic mass is 10.1. The molecular weight excluding hydrogens is 537 g/mol. The van der Waals surface area contributed by atoms with E-state index in [1.807, 2.05) is 6.07 Å². The number of nitrogens with zero attached hydrogens (tertiary/aromatic N) is 1. The van der Waals surface area contributed by atoms with E-state index < -0.39 is 11.9 Å². The summed E-state index contributed by atoms with van der Waals surface area (Å²) in [6.07, 6.45) is 4.21. The van der Waals surface area contributed by atoms with Gasteiger partial charge in [-0.05, 0) is 78.4 Å². The van der Waals surface area contributed by atoms with Gasteiger partial charge in [-0.15, -0.1) is 0 Å². The van der Waals surface area contributed by atoms with Crippen molar-refractivity contribution < 1.29 is 19.1 Å². The van der Waals surface area contributed by atoms with E-state index in [0.29, 0.717) is 32.4 Å². The molecule has 9 heteroatoms. The molecule has 194 valence electrons. The number of halogens is 2. The first-order valence-corrected chi connectivity index (χ1v) is 12.4. The van der Waals surface area contributed by atoms with E-state index in [2.05, 4.69) is 15.8 Å². The largest absolute Gasteiger partial charge is 0.423 e. The van der Waals surface area contributed by atoms with Crippen molar-refractivity contribution in [1.29, 1.82) is 0 Å². The Balaban J connectivity index is 1.35. The number of carbonyl (C=O) groups excluding carboxylic acids is 3. The molecule has 0 aromatic heterocycles. The minimum Gasteiger partial charge on any atom is -0.423 e. The fourth-order valence-corrected chi connectivity index (χ4v) is 3.62. The fourth-order valence-electron chi connectivity index (χ4n) is 3.32. The first-order valence-electron chi connectivity index (χ1n) is 11.6. The van der Waals surface area contributed by atoms with Gasteiger partial charge in [0.25, 0.3) is 11.8 Å². The smallest absolute Gasteiger partial charge is 0.336 e. The summed E-state index contributed by atoms with van der Waals surface area (Å²) in [6.45, 7) is 0. The molecule has 0 unspecified atom stereocenters. The number of esters is 1. The molecule has 2 amide bonds. The van der Waals surface area contributed by atoms with Gasteiger partial charge in [0.05, 0.1) is 6.21 Å². The van der Waals surface area contributed by atoms with Crippen LogP contribution in [-0.2, 0) is 4.79 Å². The van der Waals surface area contributed by atoms with Crippen LogP contribution in [0, 0.1) is 0 Å². The molecule has 0 aliphatic heterocycles. The summed E-state index contributed by atoms with van der Waals surface area (Å²) in [5.74, 6) is -1.12. The highest BCUT2D eigenvalue weighted by molar-refractivity contribution is 6.31. The summed E-state index contributed by atoms with van der Waals surface area (Å²) in [6, 6.07) is 26.8. The maximum Gasteiger partial charge on any atom is 0.336 e. The highest BCUT2D eigenvalue weighted by Gasteiger charge is 2.09. The zero-order chi connectivity index (χ0) is 27.6. The average Bonchev–Trinajstić information content (AvgIpc) is 2.95. The maximum absolute atomic E-state index is 12.5. The van der Waals surface area contributed by atoms with Crippen LogP contribution in [-0.4, -0.2) is 24.0 Å². The van der Waals surface area contributed by atoms with Crippen molar-refractivity contribution >= 4 is 59.0 Å². The standard InChI is InChI=1S/C30H21Cl2N3O4/c31-24-11-6-20(7-12-24)8-17-28(36)39-27-16-13-25(32)18-23(27)19-33-35-30(38)22-9-14-26(15-10-22)34-29(37)21-4-2-1-3-5-21/h1-19H,(H,34,37)(H,35,38)/b17-8+,33-19+. The molecule has 0 saturated carbocycles. The van der Waals surface area contributed by atoms with Gasteiger partial charge in [0.1, 0.15) is 5.75 Å². The second kappa shape index (κ2) is 13.2. The number of hydrogen-bond acceptors (Lipinski definition) is 5. The van der Waals surface area contributed by atoms with Gasteiger partial charge < -0.3 is 10.1 Å². The first kappa shape index (κ1) is 27.3. The van der Waals surface area contributed by atoms with Crippen LogP contribution in [0.2, 0.25) is 10.0 Å². The third-order valence-electron chi connectivity index (χ3n) is 5.27. The van der Waals surface area contributed by atoms with Crippen molar-refractivity contribution in [2.45, 2.75) is 0 Å². The Kier molecular flexibility index (Phi) is 9.24. The normalized spacial score (nSPS) is 10.9. The van der Waals surface area contributed by atoms with Gasteiger partial charge in [-0.3, -0.25) is 9.59 Å². The van der Waals surface area contributed by atoms with E-state index in [-0.39, 0.29) is 11.7 Å². The number of ether oxygens (including phenoxy) is 1. The zero-order valence-corrected chi connectivity index (χ0v) is 21.8. The predicted octanol–water partition coefficient (Wildman–Crippen LogP) is 6.63. The summed E-state index contributed by atoms with van der Waals surface area (Å²) >= 11 is 12.0. The lowest BCUT2D eigenvalue weighted by Crippen LogP contribution is -2.18. The van der Waals surface area contributed by atoms with E-state index in [4.69, 9.17) is 27.9 Å². The second-order valence-electron chi connectivity index (χ2n) is 8.08. The summed E-state index contributed by atoms with van der Waals surface area (Å²) < 4.78 is 5.42. The quantitative estimate of drug-likeness (QED) is 0.0835. The van der Waals surface area contributed by atoms with Gasteiger partial charge in [-0.1, -0.05) is 53.5 Å². The monoisotopic (exact) mass is 557 g/mol. The Morgan fingerprint density at radius 3 is 2.13 bits per heavy atom. The summed E-state index contributed by atoms with van der Waals surface area (Å²) in [5, 5.41) is 7.73. The van der Waals surface area contributed by atoms with E-state index in [9.17, 15) is 14.4 Å². The van der Waals surface area contributed by atoms with Crippen molar-refractivity contribution in [3.05, 3.63) is 135 Å². The minimum absolute atomic E-state index is 0.210. The molecule has 39 heavy (non-hydrogen) atoms. The third-order valence-corrected chi connectivity index (χ3v) is 5.76. The second-order valence-corrected chi connectivity index (χ2v) is 8.96. The van der Waals surface area contributed by atoms with Crippen LogP contribution in [0.3, 0.4) is 0 Å². The minimum atomic E-state index is -0.606. The number of rotatable bonds is 8. The number of nitrogens with one attached hydrogen (secondary N) is 2. The van der Waals surface area contributed by atoms with E-state index in [0.717, 1.165) is 5.56 Å². The molecule has 0 fully saturated rings. The van der Waals surface area contributed by atoms with Crippen LogP contribution in [0.4, 0.5) is 5.69 Å². The average molecular weight is 558 g/mol. The Bertz CT molecular complexity index is 1540. The number of benzene rings is 4. The topological polar surface area (TPSA) is 96.9 Å². The maximum atomic E-state index is 12.5. The number of carbonyl (C=O) groups is 3. The summed E-state index contributed by atoms with van der Waals surface area (Å²) in [7, 11) is 0. The van der Waals surface area contributed by atoms with Gasteiger partial charge in [0.2, 0.25) is 0 Å². The van der Waals surface area contributed by atoms with Crippen molar-refractivity contribution in [3.8, 4) is 5.75 Å². The van der Waals surface area contributed by atoms with E-state index in [1.54, 1.807) is 91.0 Å². The Hall–Kier alpha value is -4.72. The molecule has 4 aromatic carbocycles. The third kappa shape index (κ3) is 8.13. The molecule has 0 atom stereocenters. The predicted molar refractivity (Wildman–Crippen MR) is 153 cm³/mol. The fraction of sp³-hybridized carbons (Fsp3) is 0. The Morgan fingerprint density at radius 1 is 0.744 bits per heavy atom. The van der Waals surface area contributed by atoms with E-state index >= 15 is 0 Å². The number of amides is 2. The Morgan fingerprint density at radius 2 is 1.41 bits per heavy atom. The van der Waals surface area contributed by atoms with Gasteiger partial charge in [-0.25, -0.2) is 10.2 Å². The van der Waals surface area contributed by atoms with Gasteiger partial charge >= 0.3 is 5.97 Å². The van der Waals surface area contributed by atoms with Crippen LogP contribution >= 0.6 is 23.2 Å². The van der Waals surface area contributed by atoms with Crippen LogP contribution in [0.15, 0.2) is 108 Å².